The number of aromatic nitrogens is 2. The van der Waals surface area contributed by atoms with E-state index in [4.69, 9.17) is 0 Å². The number of hydrogen-bond donors (Lipinski definition) is 2. The van der Waals surface area contributed by atoms with Gasteiger partial charge in [0.2, 0.25) is 0 Å². The van der Waals surface area contributed by atoms with Crippen LogP contribution in [0.25, 0.3) is 0 Å². The zero-order chi connectivity index (χ0) is 15.7. The normalized spacial score (nSPS) is 20.4. The Morgan fingerprint density at radius 1 is 1.32 bits per heavy atom. The van der Waals surface area contributed by atoms with Gasteiger partial charge in [-0.05, 0) is 31.4 Å². The zero-order valence-electron chi connectivity index (χ0n) is 13.6. The lowest BCUT2D eigenvalue weighted by Gasteiger charge is -2.18. The third kappa shape index (κ3) is 2.69. The van der Waals surface area contributed by atoms with Gasteiger partial charge in [-0.3, -0.25) is 4.68 Å². The van der Waals surface area contributed by atoms with E-state index in [1.807, 2.05) is 12.1 Å². The van der Waals surface area contributed by atoms with E-state index < -0.39 is 0 Å². The second-order valence-electron chi connectivity index (χ2n) is 6.20. The number of hydrogen-bond acceptors (Lipinski definition) is 3. The highest BCUT2D eigenvalue weighted by molar-refractivity contribution is 5.36. The SMILES string of the molecule is CCCn1nc(C)c(CN[C@@H]2c3ccccc3C[C@@H]2O)c1C. The third-order valence-electron chi connectivity index (χ3n) is 4.67. The van der Waals surface area contributed by atoms with Crippen molar-refractivity contribution in [1.82, 2.24) is 15.1 Å². The maximum Gasteiger partial charge on any atom is 0.0775 e. The number of aryl methyl sites for hydroxylation is 2. The fraction of sp³-hybridized carbons (Fsp3) is 0.500. The molecule has 2 atom stereocenters. The Kier molecular flexibility index (Phi) is 4.32. The van der Waals surface area contributed by atoms with Crippen LogP contribution in [0.15, 0.2) is 24.3 Å². The Bertz CT molecular complexity index is 662. The number of aliphatic hydroxyl groups is 1. The number of fused-ring (bicyclic) bond motifs is 1. The molecule has 3 rings (SSSR count). The van der Waals surface area contributed by atoms with Crippen molar-refractivity contribution in [3.63, 3.8) is 0 Å². The summed E-state index contributed by atoms with van der Waals surface area (Å²) in [6, 6.07) is 8.32. The number of benzene rings is 1. The summed E-state index contributed by atoms with van der Waals surface area (Å²) < 4.78 is 2.09. The van der Waals surface area contributed by atoms with Crippen molar-refractivity contribution in [1.29, 1.82) is 0 Å². The van der Waals surface area contributed by atoms with E-state index in [1.165, 1.54) is 22.4 Å². The Labute approximate surface area is 132 Å². The van der Waals surface area contributed by atoms with E-state index >= 15 is 0 Å². The highest BCUT2D eigenvalue weighted by Crippen LogP contribution is 2.31. The van der Waals surface area contributed by atoms with Crippen LogP contribution in [0.1, 0.15) is 47.5 Å². The molecule has 4 nitrogen and oxygen atoms in total. The van der Waals surface area contributed by atoms with Crippen molar-refractivity contribution in [2.45, 2.75) is 58.8 Å². The Morgan fingerprint density at radius 2 is 2.09 bits per heavy atom. The molecule has 1 aromatic heterocycles. The molecule has 1 aliphatic rings. The van der Waals surface area contributed by atoms with Crippen LogP contribution in [0.2, 0.25) is 0 Å². The first-order valence-electron chi connectivity index (χ1n) is 8.14. The fourth-order valence-corrected chi connectivity index (χ4v) is 3.45. The molecule has 0 unspecified atom stereocenters. The van der Waals surface area contributed by atoms with Crippen molar-refractivity contribution >= 4 is 0 Å². The molecular formula is C18H25N3O. The van der Waals surface area contributed by atoms with Gasteiger partial charge in [0.1, 0.15) is 0 Å². The molecule has 1 heterocycles. The van der Waals surface area contributed by atoms with Crippen LogP contribution in [0.5, 0.6) is 0 Å². The molecule has 0 saturated carbocycles. The van der Waals surface area contributed by atoms with Crippen LogP contribution in [-0.4, -0.2) is 21.0 Å². The molecule has 0 spiro atoms. The van der Waals surface area contributed by atoms with Gasteiger partial charge in [0.25, 0.3) is 0 Å². The predicted octanol–water partition coefficient (Wildman–Crippen LogP) is 2.66. The number of rotatable bonds is 5. The number of nitrogens with zero attached hydrogens (tertiary/aromatic N) is 2. The molecule has 0 saturated heterocycles. The smallest absolute Gasteiger partial charge is 0.0775 e. The van der Waals surface area contributed by atoms with E-state index in [9.17, 15) is 5.11 Å². The van der Waals surface area contributed by atoms with Crippen LogP contribution >= 0.6 is 0 Å². The lowest BCUT2D eigenvalue weighted by atomic mass is 10.1. The van der Waals surface area contributed by atoms with Gasteiger partial charge in [-0.25, -0.2) is 0 Å². The minimum absolute atomic E-state index is 0.0181. The van der Waals surface area contributed by atoms with E-state index in [1.54, 1.807) is 0 Å². The van der Waals surface area contributed by atoms with Crippen molar-refractivity contribution in [3.05, 3.63) is 52.3 Å². The highest BCUT2D eigenvalue weighted by Gasteiger charge is 2.30. The Hall–Kier alpha value is -1.65. The van der Waals surface area contributed by atoms with Gasteiger partial charge in [-0.2, -0.15) is 5.10 Å². The number of aliphatic hydroxyl groups excluding tert-OH is 1. The standard InChI is InChI=1S/C18H25N3O/c1-4-9-21-13(3)16(12(2)20-21)11-19-18-15-8-6-5-7-14(15)10-17(18)22/h5-8,17-19,22H,4,9-11H2,1-3H3/t17-,18+/m0/s1. The molecular weight excluding hydrogens is 274 g/mol. The summed E-state index contributed by atoms with van der Waals surface area (Å²) in [7, 11) is 0. The van der Waals surface area contributed by atoms with E-state index in [2.05, 4.69) is 48.0 Å². The first-order chi connectivity index (χ1) is 10.6. The van der Waals surface area contributed by atoms with Gasteiger partial charge in [0, 0.05) is 30.8 Å². The molecule has 118 valence electrons. The fourth-order valence-electron chi connectivity index (χ4n) is 3.45. The quantitative estimate of drug-likeness (QED) is 0.892. The molecule has 4 heteroatoms. The van der Waals surface area contributed by atoms with Crippen LogP contribution in [-0.2, 0) is 19.5 Å². The second kappa shape index (κ2) is 6.23. The average Bonchev–Trinajstić information content (AvgIpc) is 2.95. The molecule has 1 aliphatic carbocycles. The first kappa shape index (κ1) is 15.3. The summed E-state index contributed by atoms with van der Waals surface area (Å²) in [6.45, 7) is 8.07. The van der Waals surface area contributed by atoms with Gasteiger partial charge in [0.15, 0.2) is 0 Å². The van der Waals surface area contributed by atoms with Crippen molar-refractivity contribution < 1.29 is 5.11 Å². The lowest BCUT2D eigenvalue weighted by Crippen LogP contribution is -2.28. The maximum absolute atomic E-state index is 10.3. The van der Waals surface area contributed by atoms with E-state index in [-0.39, 0.29) is 12.1 Å². The van der Waals surface area contributed by atoms with Gasteiger partial charge in [-0.15, -0.1) is 0 Å². The van der Waals surface area contributed by atoms with Crippen molar-refractivity contribution in [2.75, 3.05) is 0 Å². The van der Waals surface area contributed by atoms with Crippen LogP contribution < -0.4 is 5.32 Å². The van der Waals surface area contributed by atoms with Gasteiger partial charge in [-0.1, -0.05) is 31.2 Å². The molecule has 2 N–H and O–H groups in total. The summed E-state index contributed by atoms with van der Waals surface area (Å²) in [5.74, 6) is 0. The van der Waals surface area contributed by atoms with Crippen LogP contribution in [0.4, 0.5) is 0 Å². The largest absolute Gasteiger partial charge is 0.391 e. The summed E-state index contributed by atoms with van der Waals surface area (Å²) in [5.41, 5.74) is 6.05. The maximum atomic E-state index is 10.3. The summed E-state index contributed by atoms with van der Waals surface area (Å²) in [6.07, 6.45) is 1.48. The van der Waals surface area contributed by atoms with Crippen LogP contribution in [0.3, 0.4) is 0 Å². The highest BCUT2D eigenvalue weighted by atomic mass is 16.3. The van der Waals surface area contributed by atoms with Crippen molar-refractivity contribution in [3.8, 4) is 0 Å². The molecule has 0 bridgehead atoms. The minimum atomic E-state index is -0.344. The average molecular weight is 299 g/mol. The third-order valence-corrected chi connectivity index (χ3v) is 4.67. The topological polar surface area (TPSA) is 50.1 Å². The van der Waals surface area contributed by atoms with Gasteiger partial charge < -0.3 is 10.4 Å². The van der Waals surface area contributed by atoms with Crippen LogP contribution in [0, 0.1) is 13.8 Å². The van der Waals surface area contributed by atoms with Gasteiger partial charge >= 0.3 is 0 Å². The van der Waals surface area contributed by atoms with E-state index in [0.717, 1.165) is 31.6 Å². The molecule has 1 aromatic carbocycles. The predicted molar refractivity (Wildman–Crippen MR) is 87.7 cm³/mol. The summed E-state index contributed by atoms with van der Waals surface area (Å²) in [4.78, 5) is 0. The molecule has 0 aliphatic heterocycles. The number of nitrogens with one attached hydrogen (secondary N) is 1. The molecule has 2 aromatic rings. The summed E-state index contributed by atoms with van der Waals surface area (Å²) in [5, 5.41) is 18.5. The zero-order valence-corrected chi connectivity index (χ0v) is 13.6. The lowest BCUT2D eigenvalue weighted by molar-refractivity contribution is 0.140. The Balaban J connectivity index is 1.76. The first-order valence-corrected chi connectivity index (χ1v) is 8.14. The summed E-state index contributed by atoms with van der Waals surface area (Å²) >= 11 is 0. The molecule has 0 amide bonds. The van der Waals surface area contributed by atoms with Crippen molar-refractivity contribution in [2.24, 2.45) is 0 Å². The molecule has 0 radical (unpaired) electrons. The van der Waals surface area contributed by atoms with E-state index in [0.29, 0.717) is 0 Å². The Morgan fingerprint density at radius 3 is 2.86 bits per heavy atom. The monoisotopic (exact) mass is 299 g/mol. The van der Waals surface area contributed by atoms with Gasteiger partial charge in [0.05, 0.1) is 17.8 Å². The minimum Gasteiger partial charge on any atom is -0.391 e. The molecule has 0 fully saturated rings. The molecule has 22 heavy (non-hydrogen) atoms. The second-order valence-corrected chi connectivity index (χ2v) is 6.20.